The Hall–Kier alpha value is -1.62. The first-order valence-corrected chi connectivity index (χ1v) is 6.64. The van der Waals surface area contributed by atoms with E-state index in [-0.39, 0.29) is 5.54 Å². The van der Waals surface area contributed by atoms with Gasteiger partial charge in [0.25, 0.3) is 0 Å². The lowest BCUT2D eigenvalue weighted by Gasteiger charge is -2.34. The summed E-state index contributed by atoms with van der Waals surface area (Å²) >= 11 is 0. The molecule has 0 spiro atoms. The van der Waals surface area contributed by atoms with E-state index < -0.39 is 0 Å². The molecule has 2 aromatic heterocycles. The minimum absolute atomic E-state index is 0.0792. The van der Waals surface area contributed by atoms with Crippen LogP contribution in [0.25, 0.3) is 5.65 Å². The van der Waals surface area contributed by atoms with Gasteiger partial charge in [-0.25, -0.2) is 4.98 Å². The summed E-state index contributed by atoms with van der Waals surface area (Å²) < 4.78 is 7.24. The van der Waals surface area contributed by atoms with Crippen molar-refractivity contribution in [3.8, 4) is 0 Å². The van der Waals surface area contributed by atoms with Crippen molar-refractivity contribution in [1.29, 1.82) is 0 Å². The van der Waals surface area contributed by atoms with Crippen LogP contribution in [0, 0.1) is 0 Å². The van der Waals surface area contributed by atoms with E-state index in [1.165, 1.54) is 11.4 Å². The number of methoxy groups -OCH3 is 1. The van der Waals surface area contributed by atoms with Crippen molar-refractivity contribution in [1.82, 2.24) is 14.6 Å². The van der Waals surface area contributed by atoms with Crippen molar-refractivity contribution in [2.45, 2.75) is 39.3 Å². The van der Waals surface area contributed by atoms with Gasteiger partial charge in [-0.3, -0.25) is 0 Å². The fraction of sp³-hybridized carbons (Fsp3) is 0.571. The van der Waals surface area contributed by atoms with Crippen LogP contribution in [-0.4, -0.2) is 33.8 Å². The molecule has 0 N–H and O–H groups in total. The molecule has 3 heterocycles. The van der Waals surface area contributed by atoms with Gasteiger partial charge >= 0.3 is 0 Å². The summed E-state index contributed by atoms with van der Waals surface area (Å²) in [5.41, 5.74) is 3.28. The lowest BCUT2D eigenvalue weighted by atomic mass is 10.1. The quantitative estimate of drug-likeness (QED) is 0.828. The summed E-state index contributed by atoms with van der Waals surface area (Å²) in [7, 11) is 1.71. The van der Waals surface area contributed by atoms with E-state index in [1.807, 2.05) is 10.6 Å². The second-order valence-electron chi connectivity index (χ2n) is 5.97. The first-order valence-electron chi connectivity index (χ1n) is 6.64. The van der Waals surface area contributed by atoms with Crippen LogP contribution in [0.1, 0.15) is 32.0 Å². The SMILES string of the molecule is COCc1nc2ccnn2c2c1CCN2C(C)(C)C. The first-order chi connectivity index (χ1) is 9.02. The van der Waals surface area contributed by atoms with Crippen molar-refractivity contribution >= 4 is 11.5 Å². The zero-order valence-corrected chi connectivity index (χ0v) is 12.0. The maximum absolute atomic E-state index is 5.29. The highest BCUT2D eigenvalue weighted by molar-refractivity contribution is 5.61. The van der Waals surface area contributed by atoms with E-state index in [1.54, 1.807) is 13.3 Å². The van der Waals surface area contributed by atoms with Crippen LogP contribution < -0.4 is 4.90 Å². The van der Waals surface area contributed by atoms with Gasteiger partial charge in [-0.05, 0) is 27.2 Å². The van der Waals surface area contributed by atoms with Crippen LogP contribution in [0.2, 0.25) is 0 Å². The molecule has 0 fully saturated rings. The van der Waals surface area contributed by atoms with E-state index in [0.717, 1.165) is 24.3 Å². The molecule has 2 aromatic rings. The number of nitrogens with zero attached hydrogens (tertiary/aromatic N) is 4. The Morgan fingerprint density at radius 1 is 1.37 bits per heavy atom. The molecular formula is C14H20N4O. The monoisotopic (exact) mass is 260 g/mol. The fourth-order valence-corrected chi connectivity index (χ4v) is 2.78. The molecule has 0 saturated carbocycles. The number of anilines is 1. The van der Waals surface area contributed by atoms with Crippen molar-refractivity contribution in [3.05, 3.63) is 23.5 Å². The molecule has 1 aliphatic rings. The van der Waals surface area contributed by atoms with Crippen molar-refractivity contribution in [3.63, 3.8) is 0 Å². The summed E-state index contributed by atoms with van der Waals surface area (Å²) in [6.07, 6.45) is 2.81. The number of hydrogen-bond donors (Lipinski definition) is 0. The molecule has 102 valence electrons. The molecule has 0 amide bonds. The second-order valence-corrected chi connectivity index (χ2v) is 5.97. The summed E-state index contributed by atoms with van der Waals surface area (Å²) in [5, 5.41) is 4.43. The molecule has 0 aromatic carbocycles. The molecule has 1 aliphatic heterocycles. The van der Waals surface area contributed by atoms with Crippen molar-refractivity contribution < 1.29 is 4.74 Å². The molecule has 0 bridgehead atoms. The number of aromatic nitrogens is 3. The van der Waals surface area contributed by atoms with Gasteiger partial charge in [-0.2, -0.15) is 9.61 Å². The number of ether oxygens (including phenoxy) is 1. The van der Waals surface area contributed by atoms with Crippen LogP contribution in [0.3, 0.4) is 0 Å². The average Bonchev–Trinajstić information content (AvgIpc) is 2.92. The largest absolute Gasteiger partial charge is 0.378 e. The lowest BCUT2D eigenvalue weighted by molar-refractivity contribution is 0.181. The molecule has 3 rings (SSSR count). The van der Waals surface area contributed by atoms with Crippen LogP contribution in [-0.2, 0) is 17.8 Å². The Labute approximate surface area is 113 Å². The fourth-order valence-electron chi connectivity index (χ4n) is 2.78. The summed E-state index contributed by atoms with van der Waals surface area (Å²) in [4.78, 5) is 7.07. The predicted octanol–water partition coefficient (Wildman–Crippen LogP) is 2.04. The summed E-state index contributed by atoms with van der Waals surface area (Å²) in [6.45, 7) is 8.26. The van der Waals surface area contributed by atoms with Gasteiger partial charge in [-0.1, -0.05) is 0 Å². The maximum Gasteiger partial charge on any atom is 0.157 e. The van der Waals surface area contributed by atoms with E-state index in [9.17, 15) is 0 Å². The minimum atomic E-state index is 0.0792. The third-order valence-corrected chi connectivity index (χ3v) is 3.62. The second kappa shape index (κ2) is 4.20. The molecule has 0 saturated heterocycles. The number of hydrogen-bond acceptors (Lipinski definition) is 4. The predicted molar refractivity (Wildman–Crippen MR) is 74.5 cm³/mol. The standard InChI is InChI=1S/C14H20N4O/c1-14(2,3)17-8-6-10-11(9-19-4)16-12-5-7-15-18(12)13(10)17/h5,7H,6,8-9H2,1-4H3. The van der Waals surface area contributed by atoms with Gasteiger partial charge < -0.3 is 9.64 Å². The van der Waals surface area contributed by atoms with Gasteiger partial charge in [0.2, 0.25) is 0 Å². The van der Waals surface area contributed by atoms with Crippen LogP contribution >= 0.6 is 0 Å². The van der Waals surface area contributed by atoms with Gasteiger partial charge in [0.15, 0.2) is 5.65 Å². The van der Waals surface area contributed by atoms with E-state index >= 15 is 0 Å². The molecular weight excluding hydrogens is 240 g/mol. The van der Waals surface area contributed by atoms with E-state index in [0.29, 0.717) is 6.61 Å². The maximum atomic E-state index is 5.29. The highest BCUT2D eigenvalue weighted by Crippen LogP contribution is 2.35. The Kier molecular flexibility index (Phi) is 2.74. The lowest BCUT2D eigenvalue weighted by Crippen LogP contribution is -2.41. The molecule has 5 nitrogen and oxygen atoms in total. The third kappa shape index (κ3) is 1.89. The topological polar surface area (TPSA) is 42.7 Å². The molecule has 0 atom stereocenters. The van der Waals surface area contributed by atoms with Gasteiger partial charge in [0, 0.05) is 30.8 Å². The van der Waals surface area contributed by atoms with Gasteiger partial charge in [0.1, 0.15) is 5.82 Å². The number of fused-ring (bicyclic) bond motifs is 3. The summed E-state index contributed by atoms with van der Waals surface area (Å²) in [5.74, 6) is 1.18. The Morgan fingerprint density at radius 3 is 2.84 bits per heavy atom. The molecule has 5 heteroatoms. The smallest absolute Gasteiger partial charge is 0.157 e. The highest BCUT2D eigenvalue weighted by Gasteiger charge is 2.33. The Balaban J connectivity index is 2.24. The zero-order valence-electron chi connectivity index (χ0n) is 12.0. The van der Waals surface area contributed by atoms with Crippen LogP contribution in [0.4, 0.5) is 5.82 Å². The summed E-state index contributed by atoms with van der Waals surface area (Å²) in [6, 6.07) is 1.94. The van der Waals surface area contributed by atoms with Gasteiger partial charge in [0.05, 0.1) is 18.5 Å². The van der Waals surface area contributed by atoms with Crippen molar-refractivity contribution in [2.75, 3.05) is 18.6 Å². The normalized spacial score (nSPS) is 15.3. The molecule has 19 heavy (non-hydrogen) atoms. The number of rotatable bonds is 2. The first kappa shape index (κ1) is 12.4. The van der Waals surface area contributed by atoms with E-state index in [4.69, 9.17) is 4.74 Å². The zero-order chi connectivity index (χ0) is 13.6. The Morgan fingerprint density at radius 2 is 2.16 bits per heavy atom. The molecule has 0 aliphatic carbocycles. The minimum Gasteiger partial charge on any atom is -0.378 e. The molecule has 0 unspecified atom stereocenters. The third-order valence-electron chi connectivity index (χ3n) is 3.62. The van der Waals surface area contributed by atoms with Gasteiger partial charge in [-0.15, -0.1) is 0 Å². The van der Waals surface area contributed by atoms with Crippen LogP contribution in [0.5, 0.6) is 0 Å². The molecule has 0 radical (unpaired) electrons. The highest BCUT2D eigenvalue weighted by atomic mass is 16.5. The average molecular weight is 260 g/mol. The van der Waals surface area contributed by atoms with Crippen molar-refractivity contribution in [2.24, 2.45) is 0 Å². The van der Waals surface area contributed by atoms with E-state index in [2.05, 4.69) is 35.8 Å². The van der Waals surface area contributed by atoms with Crippen LogP contribution in [0.15, 0.2) is 12.3 Å². The Bertz CT molecular complexity index is 612.